The molecule has 0 aliphatic rings. The van der Waals surface area contributed by atoms with Crippen LogP contribution >= 0.6 is 0 Å². The maximum Gasteiger partial charge on any atom is 0.240 e. The van der Waals surface area contributed by atoms with Crippen LogP contribution in [0.15, 0.2) is 47.4 Å². The second kappa shape index (κ2) is 7.94. The lowest BCUT2D eigenvalue weighted by Crippen LogP contribution is -2.27. The van der Waals surface area contributed by atoms with Gasteiger partial charge in [0.25, 0.3) is 0 Å². The largest absolute Gasteiger partial charge is 0.398 e. The highest BCUT2D eigenvalue weighted by atomic mass is 32.2. The fourth-order valence-corrected chi connectivity index (χ4v) is 3.26. The molecule has 6 nitrogen and oxygen atoms in total. The van der Waals surface area contributed by atoms with Crippen molar-refractivity contribution in [1.82, 2.24) is 10.0 Å². The SMILES string of the molecule is Cc1ccc(-c2ccc(S(=O)(=O)NCCCNC=O)cc2)cc1N. The Kier molecular flexibility index (Phi) is 5.94. The highest BCUT2D eigenvalue weighted by Crippen LogP contribution is 2.24. The van der Waals surface area contributed by atoms with Crippen molar-refractivity contribution in [2.24, 2.45) is 0 Å². The lowest BCUT2D eigenvalue weighted by Gasteiger charge is -2.09. The number of anilines is 1. The van der Waals surface area contributed by atoms with Gasteiger partial charge in [-0.05, 0) is 48.2 Å². The van der Waals surface area contributed by atoms with Crippen molar-refractivity contribution in [2.45, 2.75) is 18.2 Å². The number of nitrogens with one attached hydrogen (secondary N) is 2. The summed E-state index contributed by atoms with van der Waals surface area (Å²) in [6.07, 6.45) is 1.11. The molecular weight excluding hydrogens is 326 g/mol. The first kappa shape index (κ1) is 18.0. The summed E-state index contributed by atoms with van der Waals surface area (Å²) in [4.78, 5) is 10.3. The molecule has 0 fully saturated rings. The predicted octanol–water partition coefficient (Wildman–Crippen LogP) is 1.66. The molecule has 0 radical (unpaired) electrons. The number of hydrogen-bond acceptors (Lipinski definition) is 4. The van der Waals surface area contributed by atoms with E-state index in [0.717, 1.165) is 16.7 Å². The minimum Gasteiger partial charge on any atom is -0.398 e. The van der Waals surface area contributed by atoms with Crippen molar-refractivity contribution in [2.75, 3.05) is 18.8 Å². The number of amides is 1. The summed E-state index contributed by atoms with van der Waals surface area (Å²) in [6.45, 7) is 2.63. The van der Waals surface area contributed by atoms with E-state index in [1.807, 2.05) is 25.1 Å². The molecule has 0 aromatic heterocycles. The van der Waals surface area contributed by atoms with Crippen molar-refractivity contribution in [3.8, 4) is 11.1 Å². The number of nitrogen functional groups attached to an aromatic ring is 1. The average molecular weight is 347 g/mol. The Morgan fingerprint density at radius 1 is 1.04 bits per heavy atom. The Labute approximate surface area is 142 Å². The van der Waals surface area contributed by atoms with Gasteiger partial charge in [-0.15, -0.1) is 0 Å². The molecular formula is C17H21N3O3S. The Bertz CT molecular complexity index is 802. The molecule has 4 N–H and O–H groups in total. The first-order chi connectivity index (χ1) is 11.4. The molecule has 2 aromatic rings. The van der Waals surface area contributed by atoms with Crippen LogP contribution in [0.3, 0.4) is 0 Å². The van der Waals surface area contributed by atoms with Crippen LogP contribution in [-0.2, 0) is 14.8 Å². The van der Waals surface area contributed by atoms with Gasteiger partial charge < -0.3 is 11.1 Å². The Morgan fingerprint density at radius 3 is 2.33 bits per heavy atom. The van der Waals surface area contributed by atoms with Gasteiger partial charge in [0.05, 0.1) is 4.90 Å². The number of carbonyl (C=O) groups is 1. The molecule has 24 heavy (non-hydrogen) atoms. The van der Waals surface area contributed by atoms with E-state index < -0.39 is 10.0 Å². The van der Waals surface area contributed by atoms with E-state index in [9.17, 15) is 13.2 Å². The summed E-state index contributed by atoms with van der Waals surface area (Å²) in [6, 6.07) is 12.4. The Hall–Kier alpha value is -2.38. The number of rotatable bonds is 8. The lowest BCUT2D eigenvalue weighted by atomic mass is 10.0. The molecule has 0 atom stereocenters. The van der Waals surface area contributed by atoms with E-state index in [-0.39, 0.29) is 11.4 Å². The third-order valence-electron chi connectivity index (χ3n) is 3.65. The third-order valence-corrected chi connectivity index (χ3v) is 5.13. The van der Waals surface area contributed by atoms with Crippen LogP contribution in [0, 0.1) is 6.92 Å². The molecule has 7 heteroatoms. The van der Waals surface area contributed by atoms with Crippen LogP contribution < -0.4 is 15.8 Å². The van der Waals surface area contributed by atoms with Crippen molar-refractivity contribution in [3.63, 3.8) is 0 Å². The highest BCUT2D eigenvalue weighted by Gasteiger charge is 2.13. The zero-order valence-corrected chi connectivity index (χ0v) is 14.3. The summed E-state index contributed by atoms with van der Waals surface area (Å²) in [5, 5.41) is 2.48. The number of aryl methyl sites for hydroxylation is 1. The van der Waals surface area contributed by atoms with Gasteiger partial charge in [0, 0.05) is 18.8 Å². The summed E-state index contributed by atoms with van der Waals surface area (Å²) >= 11 is 0. The van der Waals surface area contributed by atoms with Crippen LogP contribution in [0.5, 0.6) is 0 Å². The van der Waals surface area contributed by atoms with E-state index in [1.165, 1.54) is 0 Å². The summed E-state index contributed by atoms with van der Waals surface area (Å²) in [5.74, 6) is 0. The number of carbonyl (C=O) groups excluding carboxylic acids is 1. The number of hydrogen-bond donors (Lipinski definition) is 3. The quantitative estimate of drug-likeness (QED) is 0.384. The van der Waals surface area contributed by atoms with Gasteiger partial charge >= 0.3 is 0 Å². The fourth-order valence-electron chi connectivity index (χ4n) is 2.19. The summed E-state index contributed by atoms with van der Waals surface area (Å²) in [5.41, 5.74) is 9.46. The maximum absolute atomic E-state index is 12.2. The second-order valence-corrected chi connectivity index (χ2v) is 7.19. The molecule has 0 saturated carbocycles. The fraction of sp³-hybridized carbons (Fsp3) is 0.235. The van der Waals surface area contributed by atoms with E-state index in [4.69, 9.17) is 5.73 Å². The minimum absolute atomic E-state index is 0.203. The molecule has 0 bridgehead atoms. The normalized spacial score (nSPS) is 11.2. The Balaban J connectivity index is 2.07. The molecule has 2 aromatic carbocycles. The van der Waals surface area contributed by atoms with Crippen molar-refractivity contribution in [3.05, 3.63) is 48.0 Å². The van der Waals surface area contributed by atoms with Gasteiger partial charge in [0.1, 0.15) is 0 Å². The van der Waals surface area contributed by atoms with Crippen LogP contribution in [0.25, 0.3) is 11.1 Å². The molecule has 0 aliphatic carbocycles. The number of sulfonamides is 1. The average Bonchev–Trinajstić information content (AvgIpc) is 2.57. The van der Waals surface area contributed by atoms with E-state index in [2.05, 4.69) is 10.0 Å². The zero-order chi connectivity index (χ0) is 17.6. The molecule has 0 aliphatic heterocycles. The smallest absolute Gasteiger partial charge is 0.240 e. The zero-order valence-electron chi connectivity index (χ0n) is 13.5. The van der Waals surface area contributed by atoms with Gasteiger partial charge in [-0.2, -0.15) is 0 Å². The molecule has 0 spiro atoms. The standard InChI is InChI=1S/C17H21N3O3S/c1-13-3-4-15(11-17(13)18)14-5-7-16(8-6-14)24(22,23)20-10-2-9-19-12-21/h3-8,11-12,20H,2,9-10,18H2,1H3,(H,19,21). The van der Waals surface area contributed by atoms with E-state index in [0.29, 0.717) is 25.1 Å². The first-order valence-corrected chi connectivity index (χ1v) is 9.05. The summed E-state index contributed by atoms with van der Waals surface area (Å²) in [7, 11) is -3.55. The first-order valence-electron chi connectivity index (χ1n) is 7.57. The van der Waals surface area contributed by atoms with Crippen LogP contribution in [0.4, 0.5) is 5.69 Å². The molecule has 0 heterocycles. The van der Waals surface area contributed by atoms with Gasteiger partial charge in [0.15, 0.2) is 0 Å². The lowest BCUT2D eigenvalue weighted by molar-refractivity contribution is -0.109. The molecule has 1 amide bonds. The molecule has 2 rings (SSSR count). The number of nitrogens with two attached hydrogens (primary N) is 1. The van der Waals surface area contributed by atoms with Gasteiger partial charge in [-0.25, -0.2) is 13.1 Å². The van der Waals surface area contributed by atoms with Crippen LogP contribution in [0.1, 0.15) is 12.0 Å². The van der Waals surface area contributed by atoms with E-state index >= 15 is 0 Å². The Morgan fingerprint density at radius 2 is 1.71 bits per heavy atom. The van der Waals surface area contributed by atoms with Crippen molar-refractivity contribution >= 4 is 22.1 Å². The van der Waals surface area contributed by atoms with Gasteiger partial charge in [-0.3, -0.25) is 4.79 Å². The predicted molar refractivity (Wildman–Crippen MR) is 94.9 cm³/mol. The summed E-state index contributed by atoms with van der Waals surface area (Å²) < 4.78 is 26.9. The van der Waals surface area contributed by atoms with Gasteiger partial charge in [-0.1, -0.05) is 24.3 Å². The third kappa shape index (κ3) is 4.56. The van der Waals surface area contributed by atoms with Crippen molar-refractivity contribution in [1.29, 1.82) is 0 Å². The van der Waals surface area contributed by atoms with Gasteiger partial charge in [0.2, 0.25) is 16.4 Å². The highest BCUT2D eigenvalue weighted by molar-refractivity contribution is 7.89. The van der Waals surface area contributed by atoms with Crippen molar-refractivity contribution < 1.29 is 13.2 Å². The van der Waals surface area contributed by atoms with Crippen LogP contribution in [-0.4, -0.2) is 27.9 Å². The second-order valence-electron chi connectivity index (χ2n) is 5.42. The topological polar surface area (TPSA) is 101 Å². The van der Waals surface area contributed by atoms with E-state index in [1.54, 1.807) is 24.3 Å². The number of benzene rings is 2. The molecule has 0 saturated heterocycles. The molecule has 128 valence electrons. The minimum atomic E-state index is -3.55. The molecule has 0 unspecified atom stereocenters. The van der Waals surface area contributed by atoms with Crippen LogP contribution in [0.2, 0.25) is 0 Å². The monoisotopic (exact) mass is 347 g/mol. The maximum atomic E-state index is 12.2.